The molecule has 0 atom stereocenters. The summed E-state index contributed by atoms with van der Waals surface area (Å²) in [5.74, 6) is 0. The molecule has 0 amide bonds. The third kappa shape index (κ3) is 1.33. The largest absolute Gasteiger partial charge is 0.377 e. The zero-order valence-electron chi connectivity index (χ0n) is 6.21. The second-order valence-corrected chi connectivity index (χ2v) is 2.54. The summed E-state index contributed by atoms with van der Waals surface area (Å²) < 4.78 is 5.19. The molecule has 3 nitrogen and oxygen atoms in total. The lowest BCUT2D eigenvalue weighted by atomic mass is 10.1. The minimum absolute atomic E-state index is 0.737. The van der Waals surface area contributed by atoms with Crippen molar-refractivity contribution in [1.29, 1.82) is 0 Å². The molecule has 2 rings (SSSR count). The molecule has 58 valence electrons. The monoisotopic (exact) mass is 150 g/mol. The highest BCUT2D eigenvalue weighted by Gasteiger charge is 2.05. The number of rotatable bonds is 1. The van der Waals surface area contributed by atoms with Gasteiger partial charge in [0.15, 0.2) is 0 Å². The summed E-state index contributed by atoms with van der Waals surface area (Å²) in [4.78, 5) is 0. The highest BCUT2D eigenvalue weighted by molar-refractivity contribution is 5.64. The summed E-state index contributed by atoms with van der Waals surface area (Å²) in [5, 5.41) is 6.69. The molecule has 11 heavy (non-hydrogen) atoms. The van der Waals surface area contributed by atoms with Gasteiger partial charge in [-0.3, -0.25) is 5.10 Å². The van der Waals surface area contributed by atoms with Crippen LogP contribution in [-0.4, -0.2) is 23.4 Å². The van der Waals surface area contributed by atoms with E-state index in [2.05, 4.69) is 16.3 Å². The van der Waals surface area contributed by atoms with Crippen LogP contribution in [0.1, 0.15) is 12.0 Å². The molecule has 3 heteroatoms. The number of nitrogens with one attached hydrogen (secondary N) is 1. The molecule has 0 saturated carbocycles. The fourth-order valence-corrected chi connectivity index (χ4v) is 1.22. The van der Waals surface area contributed by atoms with Gasteiger partial charge in [-0.25, -0.2) is 0 Å². The van der Waals surface area contributed by atoms with Crippen LogP contribution in [0.2, 0.25) is 0 Å². The van der Waals surface area contributed by atoms with Gasteiger partial charge in [0.2, 0.25) is 0 Å². The lowest BCUT2D eigenvalue weighted by Gasteiger charge is -2.10. The Balaban J connectivity index is 2.22. The van der Waals surface area contributed by atoms with Gasteiger partial charge in [-0.1, -0.05) is 6.08 Å². The van der Waals surface area contributed by atoms with Gasteiger partial charge in [0.25, 0.3) is 0 Å². The van der Waals surface area contributed by atoms with Crippen molar-refractivity contribution >= 4 is 5.57 Å². The average molecular weight is 150 g/mol. The van der Waals surface area contributed by atoms with Gasteiger partial charge in [-0.2, -0.15) is 5.10 Å². The first kappa shape index (κ1) is 6.61. The Kier molecular flexibility index (Phi) is 1.73. The molecule has 1 aromatic heterocycles. The van der Waals surface area contributed by atoms with Crippen LogP contribution < -0.4 is 0 Å². The van der Waals surface area contributed by atoms with E-state index in [4.69, 9.17) is 4.74 Å². The van der Waals surface area contributed by atoms with E-state index in [0.717, 1.165) is 19.6 Å². The minimum atomic E-state index is 0.737. The van der Waals surface area contributed by atoms with Crippen molar-refractivity contribution < 1.29 is 4.74 Å². The zero-order chi connectivity index (χ0) is 7.52. The van der Waals surface area contributed by atoms with E-state index in [1.54, 1.807) is 0 Å². The molecule has 0 spiro atoms. The van der Waals surface area contributed by atoms with Crippen molar-refractivity contribution in [2.24, 2.45) is 0 Å². The van der Waals surface area contributed by atoms with E-state index in [1.165, 1.54) is 11.1 Å². The number of aromatic nitrogens is 2. The smallest absolute Gasteiger partial charge is 0.0653 e. The summed E-state index contributed by atoms with van der Waals surface area (Å²) in [5.41, 5.74) is 2.53. The standard InChI is InChI=1S/C8H10N2O/c1-3-11-4-2-7(1)8-5-9-10-6-8/h1,5-6H,2-4H2,(H,9,10). The van der Waals surface area contributed by atoms with Gasteiger partial charge in [-0.05, 0) is 12.0 Å². The summed E-state index contributed by atoms with van der Waals surface area (Å²) >= 11 is 0. The fourth-order valence-electron chi connectivity index (χ4n) is 1.22. The first-order valence-electron chi connectivity index (χ1n) is 3.73. The van der Waals surface area contributed by atoms with Crippen LogP contribution in [0.15, 0.2) is 18.5 Å². The molecule has 1 aromatic rings. The number of aromatic amines is 1. The maximum Gasteiger partial charge on any atom is 0.0653 e. The van der Waals surface area contributed by atoms with Gasteiger partial charge in [0.05, 0.1) is 19.4 Å². The number of hydrogen-bond acceptors (Lipinski definition) is 2. The van der Waals surface area contributed by atoms with Crippen molar-refractivity contribution in [3.05, 3.63) is 24.0 Å². The molecule has 0 saturated heterocycles. The Labute approximate surface area is 65.1 Å². The van der Waals surface area contributed by atoms with E-state index in [9.17, 15) is 0 Å². The summed E-state index contributed by atoms with van der Waals surface area (Å²) in [6.07, 6.45) is 6.86. The van der Waals surface area contributed by atoms with Gasteiger partial charge < -0.3 is 4.74 Å². The van der Waals surface area contributed by atoms with Crippen LogP contribution in [0, 0.1) is 0 Å². The molecule has 1 N–H and O–H groups in total. The average Bonchev–Trinajstić information content (AvgIpc) is 2.58. The molecule has 1 aliphatic rings. The van der Waals surface area contributed by atoms with E-state index in [0.29, 0.717) is 0 Å². The number of H-pyrrole nitrogens is 1. The van der Waals surface area contributed by atoms with E-state index < -0.39 is 0 Å². The predicted octanol–water partition coefficient (Wildman–Crippen LogP) is 1.21. The van der Waals surface area contributed by atoms with Crippen LogP contribution in [0.25, 0.3) is 5.57 Å². The highest BCUT2D eigenvalue weighted by Crippen LogP contribution is 2.18. The van der Waals surface area contributed by atoms with E-state index in [1.807, 2.05) is 12.4 Å². The van der Waals surface area contributed by atoms with Crippen LogP contribution >= 0.6 is 0 Å². The molecular formula is C8H10N2O. The van der Waals surface area contributed by atoms with Gasteiger partial charge >= 0.3 is 0 Å². The quantitative estimate of drug-likeness (QED) is 0.653. The second-order valence-electron chi connectivity index (χ2n) is 2.54. The van der Waals surface area contributed by atoms with Crippen molar-refractivity contribution in [3.8, 4) is 0 Å². The van der Waals surface area contributed by atoms with Crippen LogP contribution in [-0.2, 0) is 4.74 Å². The Hall–Kier alpha value is -1.09. The molecule has 0 aliphatic carbocycles. The van der Waals surface area contributed by atoms with Crippen LogP contribution in [0.3, 0.4) is 0 Å². The first-order valence-corrected chi connectivity index (χ1v) is 3.73. The number of nitrogens with zero attached hydrogens (tertiary/aromatic N) is 1. The Morgan fingerprint density at radius 3 is 3.18 bits per heavy atom. The summed E-state index contributed by atoms with van der Waals surface area (Å²) in [6, 6.07) is 0. The topological polar surface area (TPSA) is 37.9 Å². The third-order valence-corrected chi connectivity index (χ3v) is 1.83. The van der Waals surface area contributed by atoms with Crippen molar-refractivity contribution in [2.45, 2.75) is 6.42 Å². The lowest BCUT2D eigenvalue weighted by Crippen LogP contribution is -2.02. The van der Waals surface area contributed by atoms with Crippen LogP contribution in [0.5, 0.6) is 0 Å². The molecular weight excluding hydrogens is 140 g/mol. The SMILES string of the molecule is C1=C(c2cn[nH]c2)CCOC1. The van der Waals surface area contributed by atoms with Crippen molar-refractivity contribution in [1.82, 2.24) is 10.2 Å². The van der Waals surface area contributed by atoms with E-state index >= 15 is 0 Å². The molecule has 0 bridgehead atoms. The van der Waals surface area contributed by atoms with E-state index in [-0.39, 0.29) is 0 Å². The molecule has 0 aromatic carbocycles. The zero-order valence-corrected chi connectivity index (χ0v) is 6.21. The number of ether oxygens (including phenoxy) is 1. The molecule has 2 heterocycles. The van der Waals surface area contributed by atoms with Crippen LogP contribution in [0.4, 0.5) is 0 Å². The minimum Gasteiger partial charge on any atom is -0.377 e. The highest BCUT2D eigenvalue weighted by atomic mass is 16.5. The Bertz CT molecular complexity index is 251. The van der Waals surface area contributed by atoms with Gasteiger partial charge in [0.1, 0.15) is 0 Å². The predicted molar refractivity (Wildman–Crippen MR) is 42.0 cm³/mol. The van der Waals surface area contributed by atoms with Crippen molar-refractivity contribution in [3.63, 3.8) is 0 Å². The lowest BCUT2D eigenvalue weighted by molar-refractivity contribution is 0.161. The molecule has 1 aliphatic heterocycles. The third-order valence-electron chi connectivity index (χ3n) is 1.83. The van der Waals surface area contributed by atoms with Crippen molar-refractivity contribution in [2.75, 3.05) is 13.2 Å². The normalized spacial score (nSPS) is 18.0. The summed E-state index contributed by atoms with van der Waals surface area (Å²) in [6.45, 7) is 1.57. The maximum atomic E-state index is 5.19. The maximum absolute atomic E-state index is 5.19. The first-order chi connectivity index (χ1) is 5.47. The molecule has 0 radical (unpaired) electrons. The molecule has 0 fully saturated rings. The number of hydrogen-bond donors (Lipinski definition) is 1. The molecule has 0 unspecified atom stereocenters. The van der Waals surface area contributed by atoms with Gasteiger partial charge in [-0.15, -0.1) is 0 Å². The Morgan fingerprint density at radius 2 is 2.55 bits per heavy atom. The Morgan fingerprint density at radius 1 is 1.55 bits per heavy atom. The second kappa shape index (κ2) is 2.88. The summed E-state index contributed by atoms with van der Waals surface area (Å²) in [7, 11) is 0. The fraction of sp³-hybridized carbons (Fsp3) is 0.375. The van der Waals surface area contributed by atoms with Gasteiger partial charge in [0, 0.05) is 11.8 Å².